The van der Waals surface area contributed by atoms with E-state index in [1.54, 1.807) is 48.2 Å². The fourth-order valence-corrected chi connectivity index (χ4v) is 4.64. The van der Waals surface area contributed by atoms with Crippen molar-refractivity contribution >= 4 is 51.6 Å². The van der Waals surface area contributed by atoms with Crippen LogP contribution in [0.5, 0.6) is 5.75 Å². The van der Waals surface area contributed by atoms with Gasteiger partial charge in [-0.2, -0.15) is 4.98 Å². The predicted molar refractivity (Wildman–Crippen MR) is 165 cm³/mol. The number of methoxy groups -OCH3 is 1. The van der Waals surface area contributed by atoms with Crippen LogP contribution in [0, 0.1) is 0 Å². The van der Waals surface area contributed by atoms with Gasteiger partial charge in [0.15, 0.2) is 0 Å². The van der Waals surface area contributed by atoms with E-state index in [2.05, 4.69) is 32.1 Å². The smallest absolute Gasteiger partial charge is 0.335 e. The van der Waals surface area contributed by atoms with E-state index in [9.17, 15) is 9.59 Å². The molecule has 0 aliphatic carbocycles. The van der Waals surface area contributed by atoms with Crippen molar-refractivity contribution in [1.29, 1.82) is 0 Å². The summed E-state index contributed by atoms with van der Waals surface area (Å²) < 4.78 is 8.91. The lowest BCUT2D eigenvalue weighted by Gasteiger charge is -2.26. The summed E-state index contributed by atoms with van der Waals surface area (Å²) in [6, 6.07) is 10.5. The zero-order chi connectivity index (χ0) is 29.8. The molecule has 12 heteroatoms. The molecule has 0 atom stereocenters. The highest BCUT2D eigenvalue weighted by Gasteiger charge is 2.20. The van der Waals surface area contributed by atoms with Gasteiger partial charge >= 0.3 is 5.69 Å². The molecule has 0 aliphatic heterocycles. The fourth-order valence-electron chi connectivity index (χ4n) is 4.47. The summed E-state index contributed by atoms with van der Waals surface area (Å²) in [6.45, 7) is 8.98. The van der Waals surface area contributed by atoms with Crippen molar-refractivity contribution < 1.29 is 9.53 Å². The van der Waals surface area contributed by atoms with E-state index in [-0.39, 0.29) is 23.6 Å². The molecule has 0 fully saturated rings. The topological polar surface area (TPSA) is 110 Å². The number of likely N-dealkylation sites (N-methyl/N-ethyl adjacent to an activating group) is 2. The predicted octanol–water partition coefficient (Wildman–Crippen LogP) is 4.69. The van der Waals surface area contributed by atoms with Crippen molar-refractivity contribution in [2.24, 2.45) is 0 Å². The van der Waals surface area contributed by atoms with Gasteiger partial charge in [-0.15, -0.1) is 0 Å². The first-order valence-electron chi connectivity index (χ1n) is 13.1. The molecule has 4 rings (SSSR count). The molecule has 0 saturated heterocycles. The Bertz CT molecular complexity index is 1640. The van der Waals surface area contributed by atoms with E-state index in [4.69, 9.17) is 16.3 Å². The Morgan fingerprint density at radius 2 is 1.88 bits per heavy atom. The highest BCUT2D eigenvalue weighted by molar-refractivity contribution is 6.31. The summed E-state index contributed by atoms with van der Waals surface area (Å²) in [5, 5.41) is 6.61. The maximum Gasteiger partial charge on any atom is 0.335 e. The number of halogens is 1. The molecule has 11 nitrogen and oxygen atoms in total. The van der Waals surface area contributed by atoms with Crippen LogP contribution in [-0.4, -0.2) is 71.3 Å². The first-order chi connectivity index (χ1) is 19.5. The Balaban J connectivity index is 1.77. The van der Waals surface area contributed by atoms with E-state index in [1.165, 1.54) is 10.6 Å². The van der Waals surface area contributed by atoms with E-state index < -0.39 is 0 Å². The average Bonchev–Trinajstić information content (AvgIpc) is 3.22. The number of carbonyl (C=O) groups excluding carboxylic acids is 1. The van der Waals surface area contributed by atoms with Crippen LogP contribution in [0.4, 0.5) is 23.0 Å². The van der Waals surface area contributed by atoms with Crippen LogP contribution >= 0.6 is 11.6 Å². The number of fused-ring (bicyclic) bond motifs is 1. The van der Waals surface area contributed by atoms with Crippen LogP contribution in [0.3, 0.4) is 0 Å². The van der Waals surface area contributed by atoms with Gasteiger partial charge in [0, 0.05) is 49.5 Å². The number of hydrogen-bond acceptors (Lipinski definition) is 8. The molecule has 2 aromatic carbocycles. The molecule has 2 N–H and O–H groups in total. The van der Waals surface area contributed by atoms with Gasteiger partial charge in [-0.25, -0.2) is 14.3 Å². The molecule has 0 aliphatic rings. The number of amides is 1. The molecule has 4 aromatic rings. The normalized spacial score (nSPS) is 11.2. The lowest BCUT2D eigenvalue weighted by atomic mass is 10.2. The highest BCUT2D eigenvalue weighted by Crippen LogP contribution is 2.38. The second-order valence-corrected chi connectivity index (χ2v) is 10.5. The zero-order valence-electron chi connectivity index (χ0n) is 24.1. The van der Waals surface area contributed by atoms with E-state index in [1.807, 2.05) is 46.0 Å². The van der Waals surface area contributed by atoms with Crippen LogP contribution in [0.2, 0.25) is 5.02 Å². The van der Waals surface area contributed by atoms with Crippen LogP contribution in [0.25, 0.3) is 16.9 Å². The Hall–Kier alpha value is -4.35. The SMILES string of the molecule is C=CC(=O)Nc1cc(Nc2nccc(-n3c(=O)n(C(C)C)c4cc(Cl)ccc43)n2)c(OC)cc1N(C)CCN(C)C. The molecular formula is C29H35ClN8O3. The second kappa shape index (κ2) is 12.4. The van der Waals surface area contributed by atoms with E-state index >= 15 is 0 Å². The average molecular weight is 579 g/mol. The number of benzene rings is 2. The summed E-state index contributed by atoms with van der Waals surface area (Å²) in [6.07, 6.45) is 2.79. The van der Waals surface area contributed by atoms with Gasteiger partial charge in [-0.1, -0.05) is 18.2 Å². The van der Waals surface area contributed by atoms with Gasteiger partial charge in [0.05, 0.1) is 35.2 Å². The monoisotopic (exact) mass is 578 g/mol. The maximum absolute atomic E-state index is 13.5. The Morgan fingerprint density at radius 3 is 2.54 bits per heavy atom. The third kappa shape index (κ3) is 6.36. The number of carbonyl (C=O) groups is 1. The molecule has 2 heterocycles. The fraction of sp³-hybridized carbons (Fsp3) is 0.310. The molecule has 0 spiro atoms. The van der Waals surface area contributed by atoms with E-state index in [0.717, 1.165) is 18.8 Å². The van der Waals surface area contributed by atoms with Gasteiger partial charge in [-0.3, -0.25) is 9.36 Å². The molecule has 41 heavy (non-hydrogen) atoms. The van der Waals surface area contributed by atoms with Crippen molar-refractivity contribution in [2.45, 2.75) is 19.9 Å². The van der Waals surface area contributed by atoms with Crippen LogP contribution in [0.1, 0.15) is 19.9 Å². The highest BCUT2D eigenvalue weighted by atomic mass is 35.5. The van der Waals surface area contributed by atoms with Gasteiger partial charge in [-0.05, 0) is 58.3 Å². The van der Waals surface area contributed by atoms with Crippen LogP contribution < -0.4 is 26.0 Å². The molecule has 0 radical (unpaired) electrons. The Kier molecular flexibility index (Phi) is 8.99. The number of hydrogen-bond donors (Lipinski definition) is 2. The van der Waals surface area contributed by atoms with Crippen molar-refractivity contribution in [1.82, 2.24) is 24.0 Å². The number of imidazole rings is 1. The first kappa shape index (κ1) is 29.6. The standard InChI is InChI=1S/C29H35ClN8O3/c1-8-27(39)32-20-16-21(25(41-7)17-23(20)36(6)14-13-35(4)5)33-28-31-12-11-26(34-28)38-22-10-9-19(30)15-24(22)37(18(2)3)29(38)40/h8-12,15-18H,1,13-14H2,2-7H3,(H,32,39)(H,31,33,34). The minimum Gasteiger partial charge on any atom is -0.494 e. The summed E-state index contributed by atoms with van der Waals surface area (Å²) >= 11 is 6.25. The van der Waals surface area contributed by atoms with Crippen molar-refractivity contribution in [2.75, 3.05) is 56.9 Å². The quantitative estimate of drug-likeness (QED) is 0.247. The minimum atomic E-state index is -0.345. The third-order valence-electron chi connectivity index (χ3n) is 6.52. The van der Waals surface area contributed by atoms with Crippen molar-refractivity contribution in [3.05, 3.63) is 70.8 Å². The number of rotatable bonds is 11. The number of nitrogens with one attached hydrogen (secondary N) is 2. The summed E-state index contributed by atoms with van der Waals surface area (Å²) in [7, 11) is 7.51. The number of anilines is 4. The third-order valence-corrected chi connectivity index (χ3v) is 6.76. The first-order valence-corrected chi connectivity index (χ1v) is 13.5. The van der Waals surface area contributed by atoms with Crippen LogP contribution in [-0.2, 0) is 4.79 Å². The molecule has 0 bridgehead atoms. The lowest BCUT2D eigenvalue weighted by molar-refractivity contribution is -0.111. The van der Waals surface area contributed by atoms with Gasteiger partial charge in [0.25, 0.3) is 0 Å². The zero-order valence-corrected chi connectivity index (χ0v) is 24.9. The number of ether oxygens (including phenoxy) is 1. The summed E-state index contributed by atoms with van der Waals surface area (Å²) in [4.78, 5) is 38.9. The van der Waals surface area contributed by atoms with E-state index in [0.29, 0.717) is 39.0 Å². The second-order valence-electron chi connectivity index (χ2n) is 10.1. The Labute approximate surface area is 244 Å². The summed E-state index contributed by atoms with van der Waals surface area (Å²) in [5.41, 5.74) is 3.00. The lowest BCUT2D eigenvalue weighted by Crippen LogP contribution is -2.29. The van der Waals surface area contributed by atoms with Gasteiger partial charge < -0.3 is 25.2 Å². The van der Waals surface area contributed by atoms with Gasteiger partial charge in [0.1, 0.15) is 11.6 Å². The molecule has 1 amide bonds. The largest absolute Gasteiger partial charge is 0.494 e. The van der Waals surface area contributed by atoms with Crippen molar-refractivity contribution in [3.63, 3.8) is 0 Å². The van der Waals surface area contributed by atoms with Crippen molar-refractivity contribution in [3.8, 4) is 11.6 Å². The summed E-state index contributed by atoms with van der Waals surface area (Å²) in [5.74, 6) is 0.799. The molecule has 216 valence electrons. The minimum absolute atomic E-state index is 0.0908. The Morgan fingerprint density at radius 1 is 1.12 bits per heavy atom. The molecule has 0 saturated carbocycles. The molecule has 0 unspecified atom stereocenters. The van der Waals surface area contributed by atoms with Gasteiger partial charge in [0.2, 0.25) is 11.9 Å². The number of aromatic nitrogens is 4. The molecule has 2 aromatic heterocycles. The van der Waals surface area contributed by atoms with Crippen LogP contribution in [0.15, 0.2) is 60.0 Å². The molecular weight excluding hydrogens is 544 g/mol. The maximum atomic E-state index is 13.5. The number of nitrogens with zero attached hydrogens (tertiary/aromatic N) is 6.